The van der Waals surface area contributed by atoms with E-state index in [0.717, 1.165) is 12.1 Å². The van der Waals surface area contributed by atoms with Gasteiger partial charge in [-0.2, -0.15) is 0 Å². The van der Waals surface area contributed by atoms with Crippen LogP contribution in [0, 0.1) is 46.7 Å². The fourth-order valence-electron chi connectivity index (χ4n) is 3.33. The lowest BCUT2D eigenvalue weighted by Gasteiger charge is -2.27. The van der Waals surface area contributed by atoms with Crippen molar-refractivity contribution in [2.24, 2.45) is 11.8 Å². The first kappa shape index (κ1) is 21.7. The van der Waals surface area contributed by atoms with Crippen molar-refractivity contribution in [3.63, 3.8) is 0 Å². The van der Waals surface area contributed by atoms with Crippen LogP contribution in [-0.2, 0) is 9.59 Å². The van der Waals surface area contributed by atoms with Crippen molar-refractivity contribution in [1.29, 1.82) is 0 Å². The van der Waals surface area contributed by atoms with Crippen molar-refractivity contribution in [2.75, 3.05) is 10.6 Å². The lowest BCUT2D eigenvalue weighted by Crippen LogP contribution is -2.32. The van der Waals surface area contributed by atoms with Crippen LogP contribution in [0.15, 0.2) is 24.3 Å². The molecule has 1 saturated carbocycles. The highest BCUT2D eigenvalue weighted by atomic mass is 19.2. The van der Waals surface area contributed by atoms with Gasteiger partial charge in [0.15, 0.2) is 34.9 Å². The summed E-state index contributed by atoms with van der Waals surface area (Å²) in [6, 6.07) is 3.18. The van der Waals surface area contributed by atoms with Gasteiger partial charge in [-0.1, -0.05) is 0 Å². The molecule has 0 unspecified atom stereocenters. The fraction of sp³-hybridized carbons (Fsp3) is 0.300. The van der Waals surface area contributed by atoms with Crippen molar-refractivity contribution in [2.45, 2.75) is 25.7 Å². The SMILES string of the molecule is O=C(Nc1ccc(F)c(F)c1F)C1CCC(C(=O)Nc2ccc(F)c(F)c2F)CC1. The fourth-order valence-corrected chi connectivity index (χ4v) is 3.33. The van der Waals surface area contributed by atoms with E-state index in [1.807, 2.05) is 0 Å². The van der Waals surface area contributed by atoms with E-state index in [1.165, 1.54) is 0 Å². The second kappa shape index (κ2) is 8.76. The molecule has 160 valence electrons. The Bertz CT molecular complexity index is 910. The molecule has 0 aromatic heterocycles. The Balaban J connectivity index is 1.57. The van der Waals surface area contributed by atoms with Crippen LogP contribution in [0.3, 0.4) is 0 Å². The molecule has 2 N–H and O–H groups in total. The lowest BCUT2D eigenvalue weighted by atomic mass is 9.81. The van der Waals surface area contributed by atoms with Gasteiger partial charge >= 0.3 is 0 Å². The molecule has 10 heteroatoms. The average molecular weight is 430 g/mol. The maximum atomic E-state index is 13.7. The standard InChI is InChI=1S/C20H16F6N2O2/c21-11-5-7-13(17(25)15(11)23)27-19(29)9-1-2-10(4-3-9)20(30)28-14-8-6-12(22)16(24)18(14)26/h5-10H,1-4H2,(H,27,29)(H,28,30). The zero-order chi connectivity index (χ0) is 22.0. The molecule has 0 saturated heterocycles. The van der Waals surface area contributed by atoms with Crippen LogP contribution in [0.2, 0.25) is 0 Å². The van der Waals surface area contributed by atoms with Gasteiger partial charge in [0.05, 0.1) is 11.4 Å². The van der Waals surface area contributed by atoms with Gasteiger partial charge in [0.2, 0.25) is 11.8 Å². The highest BCUT2D eigenvalue weighted by molar-refractivity contribution is 5.94. The number of benzene rings is 2. The molecule has 0 atom stereocenters. The number of carbonyl (C=O) groups is 2. The van der Waals surface area contributed by atoms with E-state index < -0.39 is 69.9 Å². The van der Waals surface area contributed by atoms with Gasteiger partial charge in [0.25, 0.3) is 0 Å². The summed E-state index contributed by atoms with van der Waals surface area (Å²) in [7, 11) is 0. The van der Waals surface area contributed by atoms with Crippen LogP contribution >= 0.6 is 0 Å². The highest BCUT2D eigenvalue weighted by Crippen LogP contribution is 2.31. The second-order valence-electron chi connectivity index (χ2n) is 6.97. The van der Waals surface area contributed by atoms with Crippen LogP contribution in [0.25, 0.3) is 0 Å². The normalized spacial score (nSPS) is 18.7. The maximum Gasteiger partial charge on any atom is 0.227 e. The lowest BCUT2D eigenvalue weighted by molar-refractivity contribution is -0.125. The Morgan fingerprint density at radius 1 is 0.600 bits per heavy atom. The zero-order valence-electron chi connectivity index (χ0n) is 15.4. The van der Waals surface area contributed by atoms with Gasteiger partial charge in [-0.15, -0.1) is 0 Å². The van der Waals surface area contributed by atoms with Crippen LogP contribution < -0.4 is 10.6 Å². The molecule has 0 heterocycles. The Labute approximate surface area is 167 Å². The summed E-state index contributed by atoms with van der Waals surface area (Å²) in [6.45, 7) is 0. The largest absolute Gasteiger partial charge is 0.323 e. The molecule has 2 aromatic carbocycles. The quantitative estimate of drug-likeness (QED) is 0.535. The molecular formula is C20H16F6N2O2. The Morgan fingerprint density at radius 3 is 1.27 bits per heavy atom. The topological polar surface area (TPSA) is 58.2 Å². The van der Waals surface area contributed by atoms with E-state index >= 15 is 0 Å². The molecule has 2 aromatic rings. The number of rotatable bonds is 4. The Kier molecular flexibility index (Phi) is 6.33. The number of hydrogen-bond acceptors (Lipinski definition) is 2. The number of hydrogen-bond donors (Lipinski definition) is 2. The van der Waals surface area contributed by atoms with Gasteiger partial charge in [-0.3, -0.25) is 9.59 Å². The third-order valence-electron chi connectivity index (χ3n) is 5.05. The molecule has 1 fully saturated rings. The second-order valence-corrected chi connectivity index (χ2v) is 6.97. The van der Waals surface area contributed by atoms with E-state index in [-0.39, 0.29) is 25.7 Å². The van der Waals surface area contributed by atoms with Crippen LogP contribution in [-0.4, -0.2) is 11.8 Å². The maximum absolute atomic E-state index is 13.7. The molecule has 1 aliphatic rings. The number of halogens is 6. The summed E-state index contributed by atoms with van der Waals surface area (Å²) in [4.78, 5) is 24.6. The van der Waals surface area contributed by atoms with Crippen LogP contribution in [0.4, 0.5) is 37.7 Å². The summed E-state index contributed by atoms with van der Waals surface area (Å²) >= 11 is 0. The summed E-state index contributed by atoms with van der Waals surface area (Å²) in [6.07, 6.45) is 0.926. The molecule has 2 amide bonds. The van der Waals surface area contributed by atoms with E-state index in [1.54, 1.807) is 0 Å². The number of amides is 2. The first-order chi connectivity index (χ1) is 14.2. The minimum absolute atomic E-state index is 0.232. The minimum atomic E-state index is -1.70. The zero-order valence-corrected chi connectivity index (χ0v) is 15.4. The van der Waals surface area contributed by atoms with Gasteiger partial charge in [0.1, 0.15) is 0 Å². The molecule has 30 heavy (non-hydrogen) atoms. The highest BCUT2D eigenvalue weighted by Gasteiger charge is 2.31. The summed E-state index contributed by atoms with van der Waals surface area (Å²) < 4.78 is 79.8. The van der Waals surface area contributed by atoms with E-state index in [9.17, 15) is 35.9 Å². The first-order valence-corrected chi connectivity index (χ1v) is 9.07. The third-order valence-corrected chi connectivity index (χ3v) is 5.05. The average Bonchev–Trinajstić information content (AvgIpc) is 2.74. The van der Waals surface area contributed by atoms with Crippen LogP contribution in [0.5, 0.6) is 0 Å². The molecule has 0 bridgehead atoms. The van der Waals surface area contributed by atoms with E-state index in [0.29, 0.717) is 12.1 Å². The van der Waals surface area contributed by atoms with Gasteiger partial charge in [0, 0.05) is 11.8 Å². The molecule has 1 aliphatic carbocycles. The molecule has 4 nitrogen and oxygen atoms in total. The Hall–Kier alpha value is -3.04. The van der Waals surface area contributed by atoms with E-state index in [4.69, 9.17) is 0 Å². The Morgan fingerprint density at radius 2 is 0.933 bits per heavy atom. The van der Waals surface area contributed by atoms with Gasteiger partial charge in [-0.05, 0) is 49.9 Å². The number of nitrogens with one attached hydrogen (secondary N) is 2. The summed E-state index contributed by atoms with van der Waals surface area (Å²) in [5.41, 5.74) is -0.986. The van der Waals surface area contributed by atoms with Crippen molar-refractivity contribution in [1.82, 2.24) is 0 Å². The first-order valence-electron chi connectivity index (χ1n) is 9.07. The van der Waals surface area contributed by atoms with Gasteiger partial charge < -0.3 is 10.6 Å². The monoisotopic (exact) mass is 430 g/mol. The predicted molar refractivity (Wildman–Crippen MR) is 95.3 cm³/mol. The van der Waals surface area contributed by atoms with E-state index in [2.05, 4.69) is 10.6 Å². The van der Waals surface area contributed by atoms with Crippen molar-refractivity contribution in [3.8, 4) is 0 Å². The summed E-state index contributed by atoms with van der Waals surface area (Å²) in [5, 5.41) is 4.41. The molecule has 0 radical (unpaired) electrons. The molecule has 3 rings (SSSR count). The van der Waals surface area contributed by atoms with Gasteiger partial charge in [-0.25, -0.2) is 26.3 Å². The van der Waals surface area contributed by atoms with Crippen molar-refractivity contribution >= 4 is 23.2 Å². The third kappa shape index (κ3) is 4.42. The molecule has 0 aliphatic heterocycles. The number of carbonyl (C=O) groups excluding carboxylic acids is 2. The molecule has 0 spiro atoms. The molecular weight excluding hydrogens is 414 g/mol. The minimum Gasteiger partial charge on any atom is -0.323 e. The van der Waals surface area contributed by atoms with Crippen LogP contribution in [0.1, 0.15) is 25.7 Å². The smallest absolute Gasteiger partial charge is 0.227 e. The van der Waals surface area contributed by atoms with Crippen molar-refractivity contribution < 1.29 is 35.9 Å². The number of anilines is 2. The summed E-state index contributed by atoms with van der Waals surface area (Å²) in [5.74, 6) is -11.6. The van der Waals surface area contributed by atoms with Crippen molar-refractivity contribution in [3.05, 3.63) is 59.2 Å². The predicted octanol–water partition coefficient (Wildman–Crippen LogP) is 4.90.